The third-order valence-electron chi connectivity index (χ3n) is 5.01. The van der Waals surface area contributed by atoms with Crippen LogP contribution in [0.4, 0.5) is 27.8 Å². The van der Waals surface area contributed by atoms with E-state index in [0.29, 0.717) is 6.42 Å². The molecular formula is C27H26N4OS. The number of para-hydroxylation sites is 3. The molecule has 3 N–H and O–H groups in total. The summed E-state index contributed by atoms with van der Waals surface area (Å²) in [5.74, 6) is 0.0142. The number of nitrogens with one attached hydrogen (secondary N) is 3. The lowest BCUT2D eigenvalue weighted by molar-refractivity contribution is -0.116. The van der Waals surface area contributed by atoms with Crippen LogP contribution in [-0.4, -0.2) is 12.2 Å². The minimum Gasteiger partial charge on any atom is -0.354 e. The first-order valence-corrected chi connectivity index (χ1v) is 11.8. The fraction of sp³-hybridized carbons (Fsp3) is 0.111. The van der Waals surface area contributed by atoms with Crippen molar-refractivity contribution in [1.82, 2.24) is 0 Å². The molecule has 0 fully saturated rings. The van der Waals surface area contributed by atoms with Crippen molar-refractivity contribution in [2.24, 2.45) is 4.99 Å². The number of hydrogen-bond donors (Lipinski definition) is 3. The van der Waals surface area contributed by atoms with Gasteiger partial charge in [0.15, 0.2) is 0 Å². The molecular weight excluding hydrogens is 428 g/mol. The van der Waals surface area contributed by atoms with Crippen molar-refractivity contribution >= 4 is 51.3 Å². The fourth-order valence-corrected chi connectivity index (χ4v) is 3.89. The maximum atomic E-state index is 12.5. The molecule has 0 saturated heterocycles. The van der Waals surface area contributed by atoms with Crippen molar-refractivity contribution in [1.29, 1.82) is 0 Å². The zero-order valence-corrected chi connectivity index (χ0v) is 19.0. The number of aliphatic imine (C=N–C) groups is 1. The highest BCUT2D eigenvalue weighted by molar-refractivity contribution is 7.13. The summed E-state index contributed by atoms with van der Waals surface area (Å²) in [5.41, 5.74) is 4.83. The van der Waals surface area contributed by atoms with Gasteiger partial charge in [0.05, 0.1) is 17.7 Å². The number of carbonyl (C=O) groups excluding carboxylic acids is 1. The SMILES string of the molecule is O=C(CCCc1ccc(NC=Nc2cccs2)cc1)Nc1ccccc1Nc1ccccc1. The highest BCUT2D eigenvalue weighted by Gasteiger charge is 2.07. The number of nitrogens with zero attached hydrogens (tertiary/aromatic N) is 1. The lowest BCUT2D eigenvalue weighted by atomic mass is 10.1. The fourth-order valence-electron chi connectivity index (χ4n) is 3.33. The van der Waals surface area contributed by atoms with Crippen LogP contribution in [0, 0.1) is 0 Å². The summed E-state index contributed by atoms with van der Waals surface area (Å²) in [6.45, 7) is 0. The zero-order valence-electron chi connectivity index (χ0n) is 18.2. The van der Waals surface area contributed by atoms with Gasteiger partial charge >= 0.3 is 0 Å². The van der Waals surface area contributed by atoms with Gasteiger partial charge in [-0.05, 0) is 72.3 Å². The van der Waals surface area contributed by atoms with E-state index in [9.17, 15) is 4.79 Å². The first kappa shape index (κ1) is 22.3. The van der Waals surface area contributed by atoms with Gasteiger partial charge in [0.1, 0.15) is 5.00 Å². The summed E-state index contributed by atoms with van der Waals surface area (Å²) < 4.78 is 0. The maximum absolute atomic E-state index is 12.5. The van der Waals surface area contributed by atoms with Crippen molar-refractivity contribution in [2.45, 2.75) is 19.3 Å². The first-order chi connectivity index (χ1) is 16.3. The standard InChI is InChI=1S/C27H26N4OS/c32-26(31-25-12-5-4-11-24(25)30-23-9-2-1-3-10-23)13-6-8-21-15-17-22(18-16-21)28-20-29-27-14-7-19-33-27/h1-5,7,9-12,14-20,30H,6,8,13H2,(H,28,29)(H,31,32). The molecule has 4 aromatic rings. The van der Waals surface area contributed by atoms with E-state index in [1.165, 1.54) is 5.56 Å². The number of carbonyl (C=O) groups is 1. The maximum Gasteiger partial charge on any atom is 0.224 e. The number of thiophene rings is 1. The molecule has 1 amide bonds. The minimum atomic E-state index is 0.0142. The third-order valence-corrected chi connectivity index (χ3v) is 5.78. The Balaban J connectivity index is 1.23. The van der Waals surface area contributed by atoms with Gasteiger partial charge in [0.2, 0.25) is 5.91 Å². The molecule has 0 bridgehead atoms. The van der Waals surface area contributed by atoms with E-state index in [0.717, 1.165) is 40.6 Å². The summed E-state index contributed by atoms with van der Waals surface area (Å²) >= 11 is 1.60. The van der Waals surface area contributed by atoms with Crippen LogP contribution in [0.5, 0.6) is 0 Å². The second kappa shape index (κ2) is 11.6. The van der Waals surface area contributed by atoms with Crippen LogP contribution in [0.15, 0.2) is 101 Å². The summed E-state index contributed by atoms with van der Waals surface area (Å²) in [4.78, 5) is 16.9. The minimum absolute atomic E-state index is 0.0142. The molecule has 0 aliphatic carbocycles. The predicted molar refractivity (Wildman–Crippen MR) is 140 cm³/mol. The van der Waals surface area contributed by atoms with Crippen molar-refractivity contribution in [3.63, 3.8) is 0 Å². The zero-order chi connectivity index (χ0) is 22.7. The number of rotatable bonds is 10. The van der Waals surface area contributed by atoms with Gasteiger partial charge in [-0.1, -0.05) is 42.5 Å². The lowest BCUT2D eigenvalue weighted by Crippen LogP contribution is -2.12. The van der Waals surface area contributed by atoms with E-state index in [2.05, 4.69) is 33.1 Å². The topological polar surface area (TPSA) is 65.5 Å². The van der Waals surface area contributed by atoms with Crippen LogP contribution >= 0.6 is 11.3 Å². The summed E-state index contributed by atoms with van der Waals surface area (Å²) in [5, 5.41) is 12.5. The van der Waals surface area contributed by atoms with Gasteiger partial charge in [-0.2, -0.15) is 0 Å². The highest BCUT2D eigenvalue weighted by Crippen LogP contribution is 2.25. The molecule has 6 heteroatoms. The van der Waals surface area contributed by atoms with Crippen LogP contribution in [0.2, 0.25) is 0 Å². The van der Waals surface area contributed by atoms with Gasteiger partial charge in [-0.25, -0.2) is 4.99 Å². The van der Waals surface area contributed by atoms with Crippen LogP contribution < -0.4 is 16.0 Å². The number of aryl methyl sites for hydroxylation is 1. The Labute approximate surface area is 198 Å². The quantitative estimate of drug-likeness (QED) is 0.175. The second-order valence-corrected chi connectivity index (χ2v) is 8.42. The van der Waals surface area contributed by atoms with Gasteiger partial charge < -0.3 is 16.0 Å². The largest absolute Gasteiger partial charge is 0.354 e. The van der Waals surface area contributed by atoms with Crippen molar-refractivity contribution in [2.75, 3.05) is 16.0 Å². The number of hydrogen-bond acceptors (Lipinski definition) is 4. The molecule has 5 nitrogen and oxygen atoms in total. The summed E-state index contributed by atoms with van der Waals surface area (Å²) in [6.07, 6.45) is 3.80. The van der Waals surface area contributed by atoms with Crippen molar-refractivity contribution < 1.29 is 4.79 Å². The van der Waals surface area contributed by atoms with Crippen LogP contribution in [0.3, 0.4) is 0 Å². The van der Waals surface area contributed by atoms with Crippen molar-refractivity contribution in [3.8, 4) is 0 Å². The molecule has 33 heavy (non-hydrogen) atoms. The Morgan fingerprint density at radius 2 is 1.58 bits per heavy atom. The van der Waals surface area contributed by atoms with Gasteiger partial charge in [0.25, 0.3) is 0 Å². The Hall–Kier alpha value is -3.90. The van der Waals surface area contributed by atoms with Crippen LogP contribution in [0.25, 0.3) is 0 Å². The van der Waals surface area contributed by atoms with E-state index in [1.807, 2.05) is 84.2 Å². The van der Waals surface area contributed by atoms with E-state index >= 15 is 0 Å². The molecule has 4 rings (SSSR count). The molecule has 1 heterocycles. The molecule has 0 radical (unpaired) electrons. The Bertz CT molecular complexity index is 1170. The Morgan fingerprint density at radius 3 is 2.33 bits per heavy atom. The predicted octanol–water partition coefficient (Wildman–Crippen LogP) is 7.23. The van der Waals surface area contributed by atoms with Crippen LogP contribution in [-0.2, 0) is 11.2 Å². The van der Waals surface area contributed by atoms with Crippen LogP contribution in [0.1, 0.15) is 18.4 Å². The van der Waals surface area contributed by atoms with Gasteiger partial charge in [0, 0.05) is 17.8 Å². The molecule has 0 saturated carbocycles. The Morgan fingerprint density at radius 1 is 0.818 bits per heavy atom. The van der Waals surface area contributed by atoms with Crippen molar-refractivity contribution in [3.05, 3.63) is 102 Å². The first-order valence-electron chi connectivity index (χ1n) is 10.9. The number of benzene rings is 3. The molecule has 0 aliphatic heterocycles. The average Bonchev–Trinajstić information content (AvgIpc) is 3.36. The molecule has 0 spiro atoms. The smallest absolute Gasteiger partial charge is 0.224 e. The molecule has 0 aliphatic rings. The molecule has 0 unspecified atom stereocenters. The normalized spacial score (nSPS) is 10.8. The van der Waals surface area contributed by atoms with Gasteiger partial charge in [-0.15, -0.1) is 11.3 Å². The average molecular weight is 455 g/mol. The van der Waals surface area contributed by atoms with E-state index in [4.69, 9.17) is 0 Å². The van der Waals surface area contributed by atoms with Gasteiger partial charge in [-0.3, -0.25) is 4.79 Å². The number of amides is 1. The van der Waals surface area contributed by atoms with E-state index in [-0.39, 0.29) is 5.91 Å². The number of anilines is 4. The summed E-state index contributed by atoms with van der Waals surface area (Å²) in [6, 6.07) is 29.8. The second-order valence-electron chi connectivity index (χ2n) is 7.49. The highest BCUT2D eigenvalue weighted by atomic mass is 32.1. The van der Waals surface area contributed by atoms with E-state index in [1.54, 1.807) is 17.7 Å². The lowest BCUT2D eigenvalue weighted by Gasteiger charge is -2.13. The monoisotopic (exact) mass is 454 g/mol. The molecule has 0 atom stereocenters. The Kier molecular flexibility index (Phi) is 7.87. The van der Waals surface area contributed by atoms with E-state index < -0.39 is 0 Å². The molecule has 3 aromatic carbocycles. The third kappa shape index (κ3) is 7.05. The molecule has 1 aromatic heterocycles. The summed E-state index contributed by atoms with van der Waals surface area (Å²) in [7, 11) is 0. The molecule has 166 valence electrons.